The Kier molecular flexibility index (Phi) is 5.19. The van der Waals surface area contributed by atoms with Crippen molar-refractivity contribution in [2.45, 2.75) is 23.1 Å². The van der Waals surface area contributed by atoms with Crippen molar-refractivity contribution in [1.29, 1.82) is 0 Å². The summed E-state index contributed by atoms with van der Waals surface area (Å²) >= 11 is 3.77. The molecule has 3 aromatic rings. The molecular weight excluding hydrogens is 400 g/mol. The Morgan fingerprint density at radius 2 is 2.04 bits per heavy atom. The zero-order valence-corrected chi connectivity index (χ0v) is 17.0. The fraction of sp³-hybridized carbons (Fsp3) is 0.357. The molecule has 1 aromatic carbocycles. The fourth-order valence-electron chi connectivity index (χ4n) is 2.00. The van der Waals surface area contributed by atoms with Crippen molar-refractivity contribution < 1.29 is 8.42 Å². The van der Waals surface area contributed by atoms with Crippen molar-refractivity contribution in [2.24, 2.45) is 13.0 Å². The normalized spacial score (nSPS) is 12.2. The molecule has 0 amide bonds. The highest BCUT2D eigenvalue weighted by atomic mass is 32.2. The topological polar surface area (TPSA) is 94.0 Å². The molecule has 134 valence electrons. The van der Waals surface area contributed by atoms with Crippen LogP contribution in [0.1, 0.15) is 13.8 Å². The average Bonchev–Trinajstić information content (AvgIpc) is 3.09. The molecule has 2 heterocycles. The third-order valence-corrected chi connectivity index (χ3v) is 8.10. The summed E-state index contributed by atoms with van der Waals surface area (Å²) < 4.78 is 30.4. The summed E-state index contributed by atoms with van der Waals surface area (Å²) in [6.45, 7) is 4.21. The van der Waals surface area contributed by atoms with Crippen LogP contribution in [0.4, 0.5) is 5.13 Å². The van der Waals surface area contributed by atoms with E-state index < -0.39 is 10.0 Å². The van der Waals surface area contributed by atoms with E-state index in [1.165, 1.54) is 28.0 Å². The number of aromatic nitrogens is 3. The van der Waals surface area contributed by atoms with Crippen molar-refractivity contribution in [3.8, 4) is 0 Å². The number of hydrogen-bond acceptors (Lipinski definition) is 8. The number of fused-ring (bicyclic) bond motifs is 1. The Morgan fingerprint density at radius 1 is 1.28 bits per heavy atom. The van der Waals surface area contributed by atoms with Crippen LogP contribution in [-0.2, 0) is 17.1 Å². The zero-order chi connectivity index (χ0) is 18.2. The van der Waals surface area contributed by atoms with Crippen LogP contribution in [0, 0.1) is 5.92 Å². The van der Waals surface area contributed by atoms with E-state index in [1.807, 2.05) is 0 Å². The van der Waals surface area contributed by atoms with E-state index in [9.17, 15) is 13.2 Å². The number of sulfonamides is 1. The van der Waals surface area contributed by atoms with Gasteiger partial charge >= 0.3 is 4.87 Å². The molecule has 0 atom stereocenters. The van der Waals surface area contributed by atoms with Crippen molar-refractivity contribution >= 4 is 59.8 Å². The number of thioether (sulfide) groups is 1. The van der Waals surface area contributed by atoms with Crippen LogP contribution in [0.5, 0.6) is 0 Å². The predicted molar refractivity (Wildman–Crippen MR) is 103 cm³/mol. The molecule has 0 saturated carbocycles. The van der Waals surface area contributed by atoms with Gasteiger partial charge in [-0.2, -0.15) is 0 Å². The zero-order valence-electron chi connectivity index (χ0n) is 13.7. The summed E-state index contributed by atoms with van der Waals surface area (Å²) in [7, 11) is -2.12. The van der Waals surface area contributed by atoms with Crippen molar-refractivity contribution in [3.63, 3.8) is 0 Å². The van der Waals surface area contributed by atoms with Crippen molar-refractivity contribution in [3.05, 3.63) is 27.9 Å². The first-order chi connectivity index (χ1) is 11.8. The molecule has 0 saturated heterocycles. The van der Waals surface area contributed by atoms with Gasteiger partial charge in [0.15, 0.2) is 4.34 Å². The van der Waals surface area contributed by atoms with Gasteiger partial charge in [-0.3, -0.25) is 9.52 Å². The van der Waals surface area contributed by atoms with Gasteiger partial charge in [-0.1, -0.05) is 48.3 Å². The number of anilines is 1. The van der Waals surface area contributed by atoms with E-state index >= 15 is 0 Å². The Balaban J connectivity index is 1.83. The lowest BCUT2D eigenvalue weighted by atomic mass is 10.3. The van der Waals surface area contributed by atoms with Crippen molar-refractivity contribution in [1.82, 2.24) is 14.8 Å². The second kappa shape index (κ2) is 7.06. The highest BCUT2D eigenvalue weighted by Gasteiger charge is 2.18. The lowest BCUT2D eigenvalue weighted by molar-refractivity contribution is 0.601. The summed E-state index contributed by atoms with van der Waals surface area (Å²) in [5.41, 5.74) is 0.706. The monoisotopic (exact) mass is 416 g/mol. The molecule has 0 unspecified atom stereocenters. The van der Waals surface area contributed by atoms with Crippen molar-refractivity contribution in [2.75, 3.05) is 10.5 Å². The van der Waals surface area contributed by atoms with Gasteiger partial charge in [0.2, 0.25) is 5.13 Å². The number of aryl methyl sites for hydroxylation is 1. The van der Waals surface area contributed by atoms with E-state index in [0.29, 0.717) is 16.1 Å². The molecule has 0 fully saturated rings. The van der Waals surface area contributed by atoms with Gasteiger partial charge < -0.3 is 4.57 Å². The number of hydrogen-bond donors (Lipinski definition) is 1. The molecule has 0 aliphatic rings. The molecule has 25 heavy (non-hydrogen) atoms. The number of benzene rings is 1. The molecular formula is C14H16N4O3S4. The van der Waals surface area contributed by atoms with Crippen LogP contribution in [0.15, 0.2) is 32.2 Å². The standard InChI is InChI=1S/C14H16N4O3S4/c1-8(2)7-22-13-16-15-12(24-13)17-25(20,21)9-4-5-10-11(6-9)23-14(19)18(10)3/h4-6,8H,7H2,1-3H3,(H,15,17). The average molecular weight is 417 g/mol. The summed E-state index contributed by atoms with van der Waals surface area (Å²) in [4.78, 5) is 11.7. The maximum Gasteiger partial charge on any atom is 0.307 e. The number of thiazole rings is 1. The lowest BCUT2D eigenvalue weighted by Gasteiger charge is -2.05. The first kappa shape index (κ1) is 18.4. The maximum absolute atomic E-state index is 12.6. The Morgan fingerprint density at radius 3 is 2.76 bits per heavy atom. The second-order valence-electron chi connectivity index (χ2n) is 5.74. The van der Waals surface area contributed by atoms with Crippen LogP contribution in [0.3, 0.4) is 0 Å². The van der Waals surface area contributed by atoms with Gasteiger partial charge in [-0.05, 0) is 24.1 Å². The lowest BCUT2D eigenvalue weighted by Crippen LogP contribution is -2.12. The fourth-order valence-corrected chi connectivity index (χ4v) is 5.98. The smallest absolute Gasteiger partial charge is 0.302 e. The van der Waals surface area contributed by atoms with Gasteiger partial charge in [0.05, 0.1) is 15.1 Å². The SMILES string of the molecule is CC(C)CSc1nnc(NS(=O)(=O)c2ccc3c(c2)sc(=O)n3C)s1. The Labute approximate surface area is 157 Å². The molecule has 7 nitrogen and oxygen atoms in total. The molecule has 0 aliphatic heterocycles. The largest absolute Gasteiger partial charge is 0.307 e. The van der Waals surface area contributed by atoms with Gasteiger partial charge in [0.25, 0.3) is 10.0 Å². The molecule has 0 spiro atoms. The third-order valence-electron chi connectivity index (χ3n) is 3.24. The number of nitrogens with one attached hydrogen (secondary N) is 1. The highest BCUT2D eigenvalue weighted by Crippen LogP contribution is 2.29. The number of nitrogens with zero attached hydrogens (tertiary/aromatic N) is 3. The highest BCUT2D eigenvalue weighted by molar-refractivity contribution is 8.01. The molecule has 0 aliphatic carbocycles. The van der Waals surface area contributed by atoms with Gasteiger partial charge in [-0.25, -0.2) is 8.42 Å². The van der Waals surface area contributed by atoms with Gasteiger partial charge in [0, 0.05) is 12.8 Å². The molecule has 11 heteroatoms. The van der Waals surface area contributed by atoms with Crippen LogP contribution < -0.4 is 9.60 Å². The predicted octanol–water partition coefficient (Wildman–Crippen LogP) is 3.00. The molecule has 0 radical (unpaired) electrons. The van der Waals surface area contributed by atoms with Crippen LogP contribution in [0.25, 0.3) is 10.2 Å². The van der Waals surface area contributed by atoms with E-state index in [-0.39, 0.29) is 14.9 Å². The van der Waals surface area contributed by atoms with Crippen LogP contribution in [-0.4, -0.2) is 28.9 Å². The summed E-state index contributed by atoms with van der Waals surface area (Å²) in [6.07, 6.45) is 0. The minimum absolute atomic E-state index is 0.0911. The summed E-state index contributed by atoms with van der Waals surface area (Å²) in [5, 5.41) is 8.11. The van der Waals surface area contributed by atoms with Gasteiger partial charge in [-0.15, -0.1) is 10.2 Å². The molecule has 0 bridgehead atoms. The quantitative estimate of drug-likeness (QED) is 0.621. The first-order valence-corrected chi connectivity index (χ1v) is 11.4. The van der Waals surface area contributed by atoms with Crippen LogP contribution >= 0.6 is 34.4 Å². The minimum atomic E-state index is -3.78. The summed E-state index contributed by atoms with van der Waals surface area (Å²) in [6, 6.07) is 4.61. The van der Waals surface area contributed by atoms with E-state index in [0.717, 1.165) is 21.4 Å². The van der Waals surface area contributed by atoms with E-state index in [1.54, 1.807) is 24.9 Å². The van der Waals surface area contributed by atoms with Gasteiger partial charge in [0.1, 0.15) is 0 Å². The van der Waals surface area contributed by atoms with Crippen LogP contribution in [0.2, 0.25) is 0 Å². The first-order valence-electron chi connectivity index (χ1n) is 7.35. The molecule has 1 N–H and O–H groups in total. The Hall–Kier alpha value is -1.43. The minimum Gasteiger partial charge on any atom is -0.302 e. The molecule has 2 aromatic heterocycles. The van der Waals surface area contributed by atoms with E-state index in [4.69, 9.17) is 0 Å². The summed E-state index contributed by atoms with van der Waals surface area (Å²) in [5.74, 6) is 1.41. The maximum atomic E-state index is 12.6. The number of rotatable bonds is 6. The third kappa shape index (κ3) is 4.05. The molecule has 3 rings (SSSR count). The second-order valence-corrected chi connectivity index (χ2v) is 10.7. The van der Waals surface area contributed by atoms with E-state index in [2.05, 4.69) is 28.8 Å². The Bertz CT molecular complexity index is 1070.